The van der Waals surface area contributed by atoms with Gasteiger partial charge < -0.3 is 0 Å². The van der Waals surface area contributed by atoms with Crippen molar-refractivity contribution in [1.29, 1.82) is 0 Å². The zero-order valence-corrected chi connectivity index (χ0v) is 7.11. The van der Waals surface area contributed by atoms with Gasteiger partial charge in [-0.05, 0) is 5.56 Å². The number of rotatable bonds is 2. The third-order valence-corrected chi connectivity index (χ3v) is 1.79. The maximum atomic E-state index is 10.2. The van der Waals surface area contributed by atoms with Crippen LogP contribution in [0.5, 0.6) is 0 Å². The second kappa shape index (κ2) is 3.43. The zero-order valence-electron chi connectivity index (χ0n) is 5.53. The van der Waals surface area contributed by atoms with Crippen molar-refractivity contribution < 1.29 is 4.92 Å². The fourth-order valence-electron chi connectivity index (χ4n) is 0.647. The molecule has 4 nitrogen and oxygen atoms in total. The van der Waals surface area contributed by atoms with E-state index >= 15 is 0 Å². The Morgan fingerprint density at radius 2 is 2.36 bits per heavy atom. The predicted molar refractivity (Wildman–Crippen MR) is 43.5 cm³/mol. The van der Waals surface area contributed by atoms with Gasteiger partial charge in [0.2, 0.25) is 0 Å². The van der Waals surface area contributed by atoms with E-state index in [0.29, 0.717) is 5.33 Å². The van der Waals surface area contributed by atoms with E-state index in [1.807, 2.05) is 0 Å². The van der Waals surface area contributed by atoms with Crippen LogP contribution in [-0.2, 0) is 5.33 Å². The topological polar surface area (TPSA) is 56.0 Å². The van der Waals surface area contributed by atoms with E-state index in [-0.39, 0.29) is 5.69 Å². The zero-order chi connectivity index (χ0) is 8.27. The fourth-order valence-corrected chi connectivity index (χ4v) is 0.953. The second-order valence-electron chi connectivity index (χ2n) is 1.94. The minimum Gasteiger partial charge on any atom is -0.258 e. The molecule has 0 fully saturated rings. The molecule has 0 saturated carbocycles. The van der Waals surface area contributed by atoms with Crippen molar-refractivity contribution in [3.05, 3.63) is 34.1 Å². The van der Waals surface area contributed by atoms with Crippen LogP contribution < -0.4 is 0 Å². The maximum Gasteiger partial charge on any atom is 0.287 e. The third-order valence-electron chi connectivity index (χ3n) is 1.15. The van der Waals surface area contributed by atoms with Gasteiger partial charge in [0, 0.05) is 17.6 Å². The molecule has 0 radical (unpaired) electrons. The quantitative estimate of drug-likeness (QED) is 0.431. The second-order valence-corrected chi connectivity index (χ2v) is 2.50. The van der Waals surface area contributed by atoms with E-state index in [9.17, 15) is 10.1 Å². The number of pyridine rings is 1. The van der Waals surface area contributed by atoms with E-state index in [0.717, 1.165) is 5.56 Å². The number of nitro groups is 1. The van der Waals surface area contributed by atoms with Crippen LogP contribution in [0.3, 0.4) is 0 Å². The molecule has 0 saturated heterocycles. The highest BCUT2D eigenvalue weighted by atomic mass is 79.9. The summed E-state index contributed by atoms with van der Waals surface area (Å²) in [4.78, 5) is 13.5. The maximum absolute atomic E-state index is 10.2. The van der Waals surface area contributed by atoms with E-state index < -0.39 is 4.92 Å². The summed E-state index contributed by atoms with van der Waals surface area (Å²) in [6.07, 6.45) is 2.81. The predicted octanol–water partition coefficient (Wildman–Crippen LogP) is 1.88. The van der Waals surface area contributed by atoms with Gasteiger partial charge in [0.05, 0.1) is 4.92 Å². The lowest BCUT2D eigenvalue weighted by atomic mass is 10.3. The molecule has 0 aliphatic carbocycles. The number of hydrogen-bond donors (Lipinski definition) is 0. The van der Waals surface area contributed by atoms with Crippen molar-refractivity contribution in [3.8, 4) is 0 Å². The average molecular weight is 217 g/mol. The molecule has 0 unspecified atom stereocenters. The summed E-state index contributed by atoms with van der Waals surface area (Å²) in [5, 5.41) is 10.8. The van der Waals surface area contributed by atoms with Gasteiger partial charge in [0.15, 0.2) is 0 Å². The molecular weight excluding hydrogens is 212 g/mol. The Balaban J connectivity index is 3.01. The van der Waals surface area contributed by atoms with E-state index in [1.165, 1.54) is 12.3 Å². The van der Waals surface area contributed by atoms with Crippen LogP contribution in [0.4, 0.5) is 5.69 Å². The standard InChI is InChI=1S/C6H5BrN2O2/c7-2-5-1-6(9(10)11)4-8-3-5/h1,3-4H,2H2. The molecule has 11 heavy (non-hydrogen) atoms. The average Bonchev–Trinajstić information content (AvgIpc) is 2.05. The summed E-state index contributed by atoms with van der Waals surface area (Å²) >= 11 is 3.18. The lowest BCUT2D eigenvalue weighted by molar-refractivity contribution is -0.385. The number of nitrogens with zero attached hydrogens (tertiary/aromatic N) is 2. The Hall–Kier alpha value is -0.970. The van der Waals surface area contributed by atoms with Gasteiger partial charge in [-0.1, -0.05) is 15.9 Å². The fraction of sp³-hybridized carbons (Fsp3) is 0.167. The van der Waals surface area contributed by atoms with Gasteiger partial charge in [0.25, 0.3) is 5.69 Å². The van der Waals surface area contributed by atoms with Gasteiger partial charge >= 0.3 is 0 Å². The van der Waals surface area contributed by atoms with Crippen LogP contribution in [-0.4, -0.2) is 9.91 Å². The van der Waals surface area contributed by atoms with E-state index in [1.54, 1.807) is 6.20 Å². The van der Waals surface area contributed by atoms with Gasteiger partial charge in [0.1, 0.15) is 6.20 Å². The van der Waals surface area contributed by atoms with Gasteiger partial charge in [-0.25, -0.2) is 0 Å². The number of aromatic nitrogens is 1. The molecule has 0 aromatic carbocycles. The van der Waals surface area contributed by atoms with Crippen LogP contribution >= 0.6 is 15.9 Å². The summed E-state index contributed by atoms with van der Waals surface area (Å²) in [5.74, 6) is 0. The van der Waals surface area contributed by atoms with Gasteiger partial charge in [-0.2, -0.15) is 0 Å². The van der Waals surface area contributed by atoms with Crippen molar-refractivity contribution in [2.75, 3.05) is 0 Å². The molecule has 0 atom stereocenters. The lowest BCUT2D eigenvalue weighted by Crippen LogP contribution is -1.90. The van der Waals surface area contributed by atoms with Crippen molar-refractivity contribution in [3.63, 3.8) is 0 Å². The first-order chi connectivity index (χ1) is 5.24. The van der Waals surface area contributed by atoms with Crippen LogP contribution in [0.2, 0.25) is 0 Å². The Bertz CT molecular complexity index is 277. The highest BCUT2D eigenvalue weighted by Gasteiger charge is 2.04. The number of hydrogen-bond acceptors (Lipinski definition) is 3. The molecule has 0 aliphatic rings. The molecule has 5 heteroatoms. The van der Waals surface area contributed by atoms with Crippen molar-refractivity contribution in [2.45, 2.75) is 5.33 Å². The Morgan fingerprint density at radius 1 is 1.64 bits per heavy atom. The minimum absolute atomic E-state index is 0.0296. The monoisotopic (exact) mass is 216 g/mol. The summed E-state index contributed by atoms with van der Waals surface area (Å²) in [6, 6.07) is 1.49. The third kappa shape index (κ3) is 1.98. The van der Waals surface area contributed by atoms with E-state index in [4.69, 9.17) is 0 Å². The molecule has 0 amide bonds. The Morgan fingerprint density at radius 3 is 2.91 bits per heavy atom. The summed E-state index contributed by atoms with van der Waals surface area (Å²) in [6.45, 7) is 0. The summed E-state index contributed by atoms with van der Waals surface area (Å²) in [7, 11) is 0. The first kappa shape index (κ1) is 8.13. The van der Waals surface area contributed by atoms with Crippen LogP contribution in [0.15, 0.2) is 18.5 Å². The SMILES string of the molecule is O=[N+]([O-])c1cncc(CBr)c1. The summed E-state index contributed by atoms with van der Waals surface area (Å²) < 4.78 is 0. The molecule has 0 bridgehead atoms. The minimum atomic E-state index is -0.459. The van der Waals surface area contributed by atoms with Crippen LogP contribution in [0.25, 0.3) is 0 Å². The highest BCUT2D eigenvalue weighted by molar-refractivity contribution is 9.08. The first-order valence-electron chi connectivity index (χ1n) is 2.88. The van der Waals surface area contributed by atoms with Crippen molar-refractivity contribution in [1.82, 2.24) is 4.98 Å². The summed E-state index contributed by atoms with van der Waals surface area (Å²) in [5.41, 5.74) is 0.834. The van der Waals surface area contributed by atoms with Crippen LogP contribution in [0.1, 0.15) is 5.56 Å². The smallest absolute Gasteiger partial charge is 0.258 e. The first-order valence-corrected chi connectivity index (χ1v) is 4.00. The molecule has 0 spiro atoms. The molecular formula is C6H5BrN2O2. The Kier molecular flexibility index (Phi) is 2.53. The van der Waals surface area contributed by atoms with Crippen molar-refractivity contribution >= 4 is 21.6 Å². The lowest BCUT2D eigenvalue weighted by Gasteiger charge is -1.92. The number of alkyl halides is 1. The van der Waals surface area contributed by atoms with E-state index in [2.05, 4.69) is 20.9 Å². The molecule has 1 aromatic rings. The molecule has 1 aromatic heterocycles. The van der Waals surface area contributed by atoms with Gasteiger partial charge in [-0.15, -0.1) is 0 Å². The molecule has 0 N–H and O–H groups in total. The van der Waals surface area contributed by atoms with Gasteiger partial charge in [-0.3, -0.25) is 15.1 Å². The molecule has 58 valence electrons. The number of halogens is 1. The largest absolute Gasteiger partial charge is 0.287 e. The normalized spacial score (nSPS) is 9.55. The Labute approximate surface area is 71.5 Å². The highest BCUT2D eigenvalue weighted by Crippen LogP contribution is 2.12. The van der Waals surface area contributed by atoms with Crippen LogP contribution in [0, 0.1) is 10.1 Å². The van der Waals surface area contributed by atoms with Crippen molar-refractivity contribution in [2.24, 2.45) is 0 Å². The molecule has 1 heterocycles. The molecule has 0 aliphatic heterocycles. The molecule has 1 rings (SSSR count).